The van der Waals surface area contributed by atoms with Crippen molar-refractivity contribution in [1.29, 1.82) is 0 Å². The number of benzene rings is 1. The number of hydroxylamine groups is 2. The Kier molecular flexibility index (Phi) is 5.97. The van der Waals surface area contributed by atoms with E-state index in [-0.39, 0.29) is 23.0 Å². The lowest BCUT2D eigenvalue weighted by atomic mass is 9.87. The van der Waals surface area contributed by atoms with Crippen molar-refractivity contribution in [1.82, 2.24) is 5.06 Å². The number of nitrogens with zero attached hydrogens (tertiary/aromatic N) is 1. The highest BCUT2D eigenvalue weighted by atomic mass is 32.2. The Labute approximate surface area is 165 Å². The van der Waals surface area contributed by atoms with E-state index in [4.69, 9.17) is 13.2 Å². The molecule has 3 rings (SSSR count). The lowest BCUT2D eigenvalue weighted by Crippen LogP contribution is -2.34. The van der Waals surface area contributed by atoms with E-state index in [2.05, 4.69) is 0 Å². The Morgan fingerprint density at radius 2 is 1.57 bits per heavy atom. The van der Waals surface area contributed by atoms with E-state index in [0.29, 0.717) is 30.7 Å². The number of ether oxygens (including phenoxy) is 1. The van der Waals surface area contributed by atoms with Crippen molar-refractivity contribution >= 4 is 29.1 Å². The largest absolute Gasteiger partial charge is 0.460 e. The van der Waals surface area contributed by atoms with Crippen LogP contribution in [0.1, 0.15) is 67.2 Å². The minimum absolute atomic E-state index is 0.197. The summed E-state index contributed by atoms with van der Waals surface area (Å²) in [4.78, 5) is 36.5. The topological polar surface area (TPSA) is 99.2 Å². The van der Waals surface area contributed by atoms with Crippen molar-refractivity contribution in [2.24, 2.45) is 5.92 Å². The first-order chi connectivity index (χ1) is 13.2. The Hall–Kier alpha value is -2.10. The van der Waals surface area contributed by atoms with E-state index in [1.54, 1.807) is 12.1 Å². The van der Waals surface area contributed by atoms with E-state index in [1.807, 2.05) is 20.8 Å². The third kappa shape index (κ3) is 4.65. The summed E-state index contributed by atoms with van der Waals surface area (Å²) in [5.41, 5.74) is -0.142. The second kappa shape index (κ2) is 8.10. The average Bonchev–Trinajstić information content (AvgIpc) is 2.86. The maximum atomic E-state index is 12.2. The molecule has 0 N–H and O–H groups in total. The van der Waals surface area contributed by atoms with Gasteiger partial charge in [-0.15, -0.1) is 9.35 Å². The summed E-state index contributed by atoms with van der Waals surface area (Å²) in [5, 5.41) is 0.465. The molecule has 8 nitrogen and oxygen atoms in total. The standard InChI is InChI=1S/C19H23NO7S/c1-19(2,3)25-18(23)12-8-10-13(11-9-12)26-28(24)27-20-16(21)14-6-4-5-7-15(14)17(20)22/h4-7,12-13H,8-11H2,1-3H3. The highest BCUT2D eigenvalue weighted by Crippen LogP contribution is 2.30. The van der Waals surface area contributed by atoms with Crippen LogP contribution in [0, 0.1) is 5.92 Å². The highest BCUT2D eigenvalue weighted by molar-refractivity contribution is 7.75. The highest BCUT2D eigenvalue weighted by Gasteiger charge is 2.39. The van der Waals surface area contributed by atoms with Crippen molar-refractivity contribution in [2.75, 3.05) is 0 Å². The molecular formula is C19H23NO7S. The van der Waals surface area contributed by atoms with Gasteiger partial charge in [0.15, 0.2) is 0 Å². The van der Waals surface area contributed by atoms with Crippen molar-refractivity contribution in [3.05, 3.63) is 35.4 Å². The molecule has 0 radical (unpaired) electrons. The molecule has 1 aliphatic carbocycles. The molecule has 1 unspecified atom stereocenters. The van der Waals surface area contributed by atoms with Crippen LogP contribution in [-0.2, 0) is 29.4 Å². The maximum Gasteiger partial charge on any atom is 0.328 e. The fourth-order valence-corrected chi connectivity index (χ4v) is 3.91. The van der Waals surface area contributed by atoms with E-state index < -0.39 is 34.9 Å². The number of carbonyl (C=O) groups is 3. The van der Waals surface area contributed by atoms with Crippen molar-refractivity contribution in [3.8, 4) is 0 Å². The van der Waals surface area contributed by atoms with Gasteiger partial charge >= 0.3 is 17.3 Å². The van der Waals surface area contributed by atoms with Crippen LogP contribution in [0.15, 0.2) is 24.3 Å². The third-order valence-corrected chi connectivity index (χ3v) is 5.22. The molecule has 9 heteroatoms. The Morgan fingerprint density at radius 1 is 1.04 bits per heavy atom. The van der Waals surface area contributed by atoms with Crippen LogP contribution < -0.4 is 0 Å². The number of imide groups is 1. The number of esters is 1. The van der Waals surface area contributed by atoms with E-state index in [1.165, 1.54) is 12.1 Å². The molecule has 0 aromatic heterocycles. The van der Waals surface area contributed by atoms with Gasteiger partial charge in [0.2, 0.25) is 0 Å². The van der Waals surface area contributed by atoms with E-state index >= 15 is 0 Å². The molecule has 152 valence electrons. The molecule has 2 aliphatic rings. The summed E-state index contributed by atoms with van der Waals surface area (Å²) in [7, 11) is 0. The first kappa shape index (κ1) is 20.6. The maximum absolute atomic E-state index is 12.2. The van der Waals surface area contributed by atoms with Gasteiger partial charge in [-0.1, -0.05) is 12.1 Å². The predicted octanol–water partition coefficient (Wildman–Crippen LogP) is 2.71. The van der Waals surface area contributed by atoms with Gasteiger partial charge < -0.3 is 4.74 Å². The number of hydrogen-bond donors (Lipinski definition) is 0. The monoisotopic (exact) mass is 409 g/mol. The summed E-state index contributed by atoms with van der Waals surface area (Å²) in [6.45, 7) is 5.46. The smallest absolute Gasteiger partial charge is 0.328 e. The molecule has 28 heavy (non-hydrogen) atoms. The molecule has 1 aromatic rings. The summed E-state index contributed by atoms with van der Waals surface area (Å²) < 4.78 is 27.8. The SMILES string of the molecule is CC(C)(C)OC(=O)C1CCC(OS(=O)ON2C(=O)c3ccccc3C2=O)CC1. The van der Waals surface area contributed by atoms with Crippen LogP contribution in [0.2, 0.25) is 0 Å². The van der Waals surface area contributed by atoms with Gasteiger partial charge in [-0.2, -0.15) is 4.21 Å². The summed E-state index contributed by atoms with van der Waals surface area (Å²) in [5.74, 6) is -1.81. The number of fused-ring (bicyclic) bond motifs is 1. The van der Waals surface area contributed by atoms with Crippen molar-refractivity contribution in [3.63, 3.8) is 0 Å². The minimum atomic E-state index is -2.31. The fourth-order valence-electron chi connectivity index (χ4n) is 3.20. The van der Waals surface area contributed by atoms with Crippen LogP contribution >= 0.6 is 0 Å². The molecule has 1 aromatic carbocycles. The van der Waals surface area contributed by atoms with Gasteiger partial charge in [0.05, 0.1) is 23.1 Å². The Bertz CT molecular complexity index is 774. The molecule has 1 heterocycles. The summed E-state index contributed by atoms with van der Waals surface area (Å²) in [6.07, 6.45) is 1.70. The van der Waals surface area contributed by atoms with Crippen LogP contribution in [0.4, 0.5) is 0 Å². The first-order valence-corrected chi connectivity index (χ1v) is 10.1. The minimum Gasteiger partial charge on any atom is -0.460 e. The van der Waals surface area contributed by atoms with E-state index in [9.17, 15) is 18.6 Å². The van der Waals surface area contributed by atoms with Gasteiger partial charge in [-0.05, 0) is 58.6 Å². The molecular weight excluding hydrogens is 386 g/mol. The molecule has 1 saturated carbocycles. The van der Waals surface area contributed by atoms with Gasteiger partial charge in [-0.25, -0.2) is 0 Å². The molecule has 1 atom stereocenters. The normalized spacial score (nSPS) is 23.5. The molecule has 0 bridgehead atoms. The quantitative estimate of drug-likeness (QED) is 0.544. The van der Waals surface area contributed by atoms with Crippen LogP contribution in [-0.4, -0.2) is 38.8 Å². The van der Waals surface area contributed by atoms with Crippen LogP contribution in [0.25, 0.3) is 0 Å². The van der Waals surface area contributed by atoms with Gasteiger partial charge in [0, 0.05) is 0 Å². The zero-order valence-corrected chi connectivity index (χ0v) is 16.8. The Morgan fingerprint density at radius 3 is 2.07 bits per heavy atom. The fraction of sp³-hybridized carbons (Fsp3) is 0.526. The van der Waals surface area contributed by atoms with Crippen molar-refractivity contribution in [2.45, 2.75) is 58.2 Å². The van der Waals surface area contributed by atoms with E-state index in [0.717, 1.165) is 0 Å². The number of rotatable bonds is 5. The molecule has 0 saturated heterocycles. The number of carbonyl (C=O) groups excluding carboxylic acids is 3. The first-order valence-electron chi connectivity index (χ1n) is 9.14. The zero-order chi connectivity index (χ0) is 20.5. The average molecular weight is 409 g/mol. The van der Waals surface area contributed by atoms with Gasteiger partial charge in [-0.3, -0.25) is 18.6 Å². The second-order valence-electron chi connectivity index (χ2n) is 7.83. The van der Waals surface area contributed by atoms with Crippen LogP contribution in [0.3, 0.4) is 0 Å². The summed E-state index contributed by atoms with van der Waals surface area (Å²) >= 11 is -2.31. The Balaban J connectivity index is 1.49. The van der Waals surface area contributed by atoms with Crippen LogP contribution in [0.5, 0.6) is 0 Å². The zero-order valence-electron chi connectivity index (χ0n) is 16.0. The molecule has 1 aliphatic heterocycles. The lowest BCUT2D eigenvalue weighted by Gasteiger charge is -2.29. The van der Waals surface area contributed by atoms with Crippen molar-refractivity contribution < 1.29 is 31.8 Å². The van der Waals surface area contributed by atoms with Gasteiger partial charge in [0.25, 0.3) is 11.8 Å². The van der Waals surface area contributed by atoms with Gasteiger partial charge in [0.1, 0.15) is 5.60 Å². The second-order valence-corrected chi connectivity index (χ2v) is 8.58. The predicted molar refractivity (Wildman–Crippen MR) is 98.8 cm³/mol. The molecule has 1 fully saturated rings. The molecule has 0 spiro atoms. The number of hydrogen-bond acceptors (Lipinski definition) is 7. The number of amides is 2. The molecule has 2 amide bonds. The third-order valence-electron chi connectivity index (χ3n) is 4.52. The summed E-state index contributed by atoms with van der Waals surface area (Å²) in [6, 6.07) is 6.26. The lowest BCUT2D eigenvalue weighted by molar-refractivity contribution is -0.161.